The molecule has 0 aliphatic carbocycles. The molecule has 0 saturated carbocycles. The molecule has 0 spiro atoms. The van der Waals surface area contributed by atoms with E-state index in [1.807, 2.05) is 11.5 Å². The van der Waals surface area contributed by atoms with Crippen molar-refractivity contribution in [1.29, 1.82) is 0 Å². The maximum atomic E-state index is 13.4. The number of nitrogens with one attached hydrogen (secondary N) is 1. The number of ether oxygens (including phenoxy) is 2. The summed E-state index contributed by atoms with van der Waals surface area (Å²) in [6.07, 6.45) is 3.83. The van der Waals surface area contributed by atoms with Crippen molar-refractivity contribution in [2.24, 2.45) is 5.92 Å². The van der Waals surface area contributed by atoms with Gasteiger partial charge in [-0.1, -0.05) is 26.0 Å². The fourth-order valence-electron chi connectivity index (χ4n) is 4.09. The Balaban J connectivity index is 1.90. The minimum absolute atomic E-state index is 0.0884. The SMILES string of the molecule is CCNC(=S)N(Cc1cnc(S(=O)(=O)Cc2cccc(OC)c2)n1CC(C)C)CC1CCCO1. The third-order valence-corrected chi connectivity index (χ3v) is 7.63. The number of hydrogen-bond acceptors (Lipinski definition) is 6. The zero-order valence-electron chi connectivity index (χ0n) is 20.5. The maximum absolute atomic E-state index is 13.4. The third kappa shape index (κ3) is 6.93. The monoisotopic (exact) mass is 508 g/mol. The van der Waals surface area contributed by atoms with Crippen molar-refractivity contribution < 1.29 is 17.9 Å². The highest BCUT2D eigenvalue weighted by molar-refractivity contribution is 7.90. The van der Waals surface area contributed by atoms with Crippen molar-refractivity contribution in [1.82, 2.24) is 19.8 Å². The van der Waals surface area contributed by atoms with Crippen LogP contribution < -0.4 is 10.1 Å². The number of benzene rings is 1. The van der Waals surface area contributed by atoms with Gasteiger partial charge in [0, 0.05) is 26.2 Å². The van der Waals surface area contributed by atoms with E-state index in [-0.39, 0.29) is 22.9 Å². The van der Waals surface area contributed by atoms with Gasteiger partial charge in [0.05, 0.1) is 37.4 Å². The van der Waals surface area contributed by atoms with E-state index in [2.05, 4.69) is 29.0 Å². The lowest BCUT2D eigenvalue weighted by atomic mass is 10.2. The highest BCUT2D eigenvalue weighted by Gasteiger charge is 2.27. The van der Waals surface area contributed by atoms with E-state index < -0.39 is 9.84 Å². The molecular weight excluding hydrogens is 472 g/mol. The zero-order valence-corrected chi connectivity index (χ0v) is 22.1. The molecule has 8 nitrogen and oxygen atoms in total. The molecule has 1 aromatic carbocycles. The van der Waals surface area contributed by atoms with E-state index in [0.29, 0.717) is 42.6 Å². The van der Waals surface area contributed by atoms with Crippen LogP contribution in [0, 0.1) is 5.92 Å². The Morgan fingerprint density at radius 2 is 2.21 bits per heavy atom. The Hall–Kier alpha value is -2.17. The number of methoxy groups -OCH3 is 1. The first-order valence-corrected chi connectivity index (χ1v) is 13.8. The Morgan fingerprint density at radius 1 is 1.41 bits per heavy atom. The standard InChI is InChI=1S/C24H36N4O4S2/c1-5-25-23(33)27(16-22-10-7-11-32-22)15-20-13-26-24(28(20)14-18(2)3)34(29,30)17-19-8-6-9-21(12-19)31-4/h6,8-9,12-13,18,22H,5,7,10-11,14-17H2,1-4H3,(H,25,33). The second-order valence-electron chi connectivity index (χ2n) is 9.00. The third-order valence-electron chi connectivity index (χ3n) is 5.63. The van der Waals surface area contributed by atoms with Gasteiger partial charge in [0.2, 0.25) is 15.0 Å². The average molecular weight is 509 g/mol. The van der Waals surface area contributed by atoms with Crippen LogP contribution in [-0.2, 0) is 33.4 Å². The maximum Gasteiger partial charge on any atom is 0.228 e. The lowest BCUT2D eigenvalue weighted by Crippen LogP contribution is -2.43. The van der Waals surface area contributed by atoms with Crippen molar-refractivity contribution in [2.75, 3.05) is 26.8 Å². The summed E-state index contributed by atoms with van der Waals surface area (Å²) in [4.78, 5) is 6.45. The van der Waals surface area contributed by atoms with E-state index in [4.69, 9.17) is 21.7 Å². The molecule has 2 aromatic rings. The van der Waals surface area contributed by atoms with Gasteiger partial charge in [-0.25, -0.2) is 13.4 Å². The molecule has 3 rings (SSSR count). The fourth-order valence-corrected chi connectivity index (χ4v) is 5.86. The predicted octanol–water partition coefficient (Wildman–Crippen LogP) is 3.40. The van der Waals surface area contributed by atoms with Gasteiger partial charge in [-0.05, 0) is 55.6 Å². The number of nitrogens with zero attached hydrogens (tertiary/aromatic N) is 3. The number of rotatable bonds is 11. The number of sulfone groups is 1. The van der Waals surface area contributed by atoms with Gasteiger partial charge in [0.15, 0.2) is 5.11 Å². The van der Waals surface area contributed by atoms with Crippen molar-refractivity contribution >= 4 is 27.2 Å². The summed E-state index contributed by atoms with van der Waals surface area (Å²) >= 11 is 5.63. The van der Waals surface area contributed by atoms with E-state index in [0.717, 1.165) is 25.1 Å². The number of aromatic nitrogens is 2. The summed E-state index contributed by atoms with van der Waals surface area (Å²) in [6.45, 7) is 9.28. The molecule has 1 N–H and O–H groups in total. The lowest BCUT2D eigenvalue weighted by molar-refractivity contribution is 0.0892. The molecule has 1 atom stereocenters. The second kappa shape index (κ2) is 12.0. The molecule has 34 heavy (non-hydrogen) atoms. The minimum Gasteiger partial charge on any atom is -0.497 e. The molecule has 2 heterocycles. The van der Waals surface area contributed by atoms with Crippen LogP contribution in [0.25, 0.3) is 0 Å². The summed E-state index contributed by atoms with van der Waals surface area (Å²) in [5, 5.41) is 3.95. The Labute approximate surface area is 208 Å². The number of hydrogen-bond donors (Lipinski definition) is 1. The first-order chi connectivity index (χ1) is 16.2. The topological polar surface area (TPSA) is 85.7 Å². The molecule has 0 radical (unpaired) electrons. The number of thiocarbonyl (C=S) groups is 1. The Bertz CT molecular complexity index is 1060. The predicted molar refractivity (Wildman–Crippen MR) is 137 cm³/mol. The summed E-state index contributed by atoms with van der Waals surface area (Å²) in [7, 11) is -2.11. The van der Waals surface area contributed by atoms with Crippen LogP contribution in [0.5, 0.6) is 5.75 Å². The zero-order chi connectivity index (χ0) is 24.7. The van der Waals surface area contributed by atoms with E-state index in [9.17, 15) is 8.42 Å². The Kier molecular flexibility index (Phi) is 9.32. The van der Waals surface area contributed by atoms with E-state index in [1.165, 1.54) is 0 Å². The molecule has 1 aliphatic rings. The summed E-state index contributed by atoms with van der Waals surface area (Å²) in [5.41, 5.74) is 1.48. The van der Waals surface area contributed by atoms with Crippen LogP contribution in [0.1, 0.15) is 44.9 Å². The van der Waals surface area contributed by atoms with Crippen LogP contribution in [0.3, 0.4) is 0 Å². The van der Waals surface area contributed by atoms with Gasteiger partial charge in [-0.3, -0.25) is 0 Å². The second-order valence-corrected chi connectivity index (χ2v) is 11.3. The van der Waals surface area contributed by atoms with Gasteiger partial charge in [0.25, 0.3) is 0 Å². The van der Waals surface area contributed by atoms with Gasteiger partial charge >= 0.3 is 0 Å². The first kappa shape index (κ1) is 26.4. The lowest BCUT2D eigenvalue weighted by Gasteiger charge is -2.28. The van der Waals surface area contributed by atoms with Gasteiger partial charge in [0.1, 0.15) is 5.75 Å². The molecule has 188 valence electrons. The normalized spacial score (nSPS) is 16.1. The molecule has 0 amide bonds. The van der Waals surface area contributed by atoms with Crippen LogP contribution in [0.2, 0.25) is 0 Å². The van der Waals surface area contributed by atoms with Crippen molar-refractivity contribution in [3.8, 4) is 5.75 Å². The van der Waals surface area contributed by atoms with Crippen molar-refractivity contribution in [3.63, 3.8) is 0 Å². The van der Waals surface area contributed by atoms with Gasteiger partial charge in [-0.2, -0.15) is 0 Å². The average Bonchev–Trinajstić information content (AvgIpc) is 3.43. The van der Waals surface area contributed by atoms with Gasteiger partial charge in [-0.15, -0.1) is 0 Å². The van der Waals surface area contributed by atoms with E-state index in [1.54, 1.807) is 37.6 Å². The summed E-state index contributed by atoms with van der Waals surface area (Å²) in [5.74, 6) is 0.723. The minimum atomic E-state index is -3.68. The molecule has 10 heteroatoms. The molecule has 1 unspecified atom stereocenters. The highest BCUT2D eigenvalue weighted by Crippen LogP contribution is 2.23. The smallest absolute Gasteiger partial charge is 0.228 e. The molecule has 1 aromatic heterocycles. The van der Waals surface area contributed by atoms with Crippen molar-refractivity contribution in [3.05, 3.63) is 41.7 Å². The highest BCUT2D eigenvalue weighted by atomic mass is 32.2. The van der Waals surface area contributed by atoms with Crippen molar-refractivity contribution in [2.45, 2.75) is 63.7 Å². The molecule has 0 bridgehead atoms. The summed E-state index contributed by atoms with van der Waals surface area (Å²) in [6, 6.07) is 7.12. The van der Waals surface area contributed by atoms with Crippen LogP contribution in [0.15, 0.2) is 35.6 Å². The molecular formula is C24H36N4O4S2. The molecule has 1 fully saturated rings. The van der Waals surface area contributed by atoms with Crippen LogP contribution in [-0.4, -0.2) is 60.9 Å². The first-order valence-electron chi connectivity index (χ1n) is 11.8. The van der Waals surface area contributed by atoms with Crippen LogP contribution in [0.4, 0.5) is 0 Å². The fraction of sp³-hybridized carbons (Fsp3) is 0.583. The largest absolute Gasteiger partial charge is 0.497 e. The Morgan fingerprint density at radius 3 is 2.85 bits per heavy atom. The summed E-state index contributed by atoms with van der Waals surface area (Å²) < 4.78 is 39.8. The molecule has 1 aliphatic heterocycles. The van der Waals surface area contributed by atoms with Gasteiger partial charge < -0.3 is 24.3 Å². The van der Waals surface area contributed by atoms with E-state index >= 15 is 0 Å². The molecule has 1 saturated heterocycles. The number of imidazole rings is 1. The quantitative estimate of drug-likeness (QED) is 0.463. The van der Waals surface area contributed by atoms with Crippen LogP contribution >= 0.6 is 12.2 Å².